The van der Waals surface area contributed by atoms with E-state index in [1.165, 1.54) is 6.07 Å². The molecule has 1 N–H and O–H groups in total. The van der Waals surface area contributed by atoms with Gasteiger partial charge in [0.25, 0.3) is 5.91 Å². The van der Waals surface area contributed by atoms with Gasteiger partial charge in [0.2, 0.25) is 0 Å². The molecule has 0 aliphatic heterocycles. The second kappa shape index (κ2) is 5.85. The normalized spacial score (nSPS) is 11.3. The second-order valence-corrected chi connectivity index (χ2v) is 7.23. The summed E-state index contributed by atoms with van der Waals surface area (Å²) < 4.78 is 23.7. The summed E-state index contributed by atoms with van der Waals surface area (Å²) in [5, 5.41) is 4.49. The number of benzene rings is 3. The highest BCUT2D eigenvalue weighted by molar-refractivity contribution is 7.90. The number of sulfone groups is 1. The zero-order chi connectivity index (χ0) is 16.4. The molecule has 0 bridgehead atoms. The first-order chi connectivity index (χ1) is 11.0. The fourth-order valence-electron chi connectivity index (χ4n) is 2.51. The first-order valence-electron chi connectivity index (χ1n) is 7.05. The maximum absolute atomic E-state index is 12.6. The van der Waals surface area contributed by atoms with Crippen LogP contribution in [0, 0.1) is 0 Å². The molecule has 0 aromatic heterocycles. The van der Waals surface area contributed by atoms with Gasteiger partial charge < -0.3 is 5.32 Å². The minimum atomic E-state index is -3.42. The third-order valence-electron chi connectivity index (χ3n) is 3.57. The number of carbonyl (C=O) groups excluding carboxylic acids is 1. The van der Waals surface area contributed by atoms with E-state index in [9.17, 15) is 13.2 Å². The van der Waals surface area contributed by atoms with Gasteiger partial charge in [-0.1, -0.05) is 48.5 Å². The van der Waals surface area contributed by atoms with Gasteiger partial charge in [0.05, 0.1) is 10.6 Å². The molecule has 3 aromatic carbocycles. The van der Waals surface area contributed by atoms with Crippen LogP contribution in [0.3, 0.4) is 0 Å². The first kappa shape index (κ1) is 15.2. The summed E-state index contributed by atoms with van der Waals surface area (Å²) >= 11 is 0. The van der Waals surface area contributed by atoms with E-state index in [2.05, 4.69) is 5.32 Å². The standard InChI is InChI=1S/C18H15NO3S/c1-23(21,22)17-12-5-4-11-16(17)19-18(20)15-10-6-8-13-7-2-3-9-14(13)15/h2-12H,1H3,(H,19,20). The molecule has 0 unspecified atom stereocenters. The highest BCUT2D eigenvalue weighted by atomic mass is 32.2. The molecule has 0 saturated heterocycles. The molecule has 0 saturated carbocycles. The summed E-state index contributed by atoms with van der Waals surface area (Å²) in [5.41, 5.74) is 0.791. The van der Waals surface area contributed by atoms with E-state index in [1.807, 2.05) is 30.3 Å². The number of carbonyl (C=O) groups is 1. The van der Waals surface area contributed by atoms with Crippen LogP contribution in [-0.4, -0.2) is 20.6 Å². The fraction of sp³-hybridized carbons (Fsp3) is 0.0556. The van der Waals surface area contributed by atoms with Crippen LogP contribution in [0.25, 0.3) is 10.8 Å². The number of fused-ring (bicyclic) bond motifs is 1. The Balaban J connectivity index is 2.03. The SMILES string of the molecule is CS(=O)(=O)c1ccccc1NC(=O)c1cccc2ccccc12. The zero-order valence-electron chi connectivity index (χ0n) is 12.5. The van der Waals surface area contributed by atoms with Gasteiger partial charge in [0.15, 0.2) is 9.84 Å². The van der Waals surface area contributed by atoms with Crippen molar-refractivity contribution in [2.75, 3.05) is 11.6 Å². The molecule has 3 aromatic rings. The minimum absolute atomic E-state index is 0.105. The first-order valence-corrected chi connectivity index (χ1v) is 8.94. The number of para-hydroxylation sites is 1. The predicted octanol–water partition coefficient (Wildman–Crippen LogP) is 3.50. The number of amides is 1. The lowest BCUT2D eigenvalue weighted by Gasteiger charge is -2.11. The largest absolute Gasteiger partial charge is 0.321 e. The Kier molecular flexibility index (Phi) is 3.88. The van der Waals surface area contributed by atoms with E-state index < -0.39 is 9.84 Å². The molecule has 0 heterocycles. The highest BCUT2D eigenvalue weighted by Crippen LogP contribution is 2.23. The molecule has 0 radical (unpaired) electrons. The molecule has 5 heteroatoms. The average Bonchev–Trinajstić information content (AvgIpc) is 2.54. The maximum Gasteiger partial charge on any atom is 0.256 e. The Hall–Kier alpha value is -2.66. The lowest BCUT2D eigenvalue weighted by molar-refractivity contribution is 0.102. The fourth-order valence-corrected chi connectivity index (χ4v) is 3.35. The van der Waals surface area contributed by atoms with Crippen LogP contribution in [0.4, 0.5) is 5.69 Å². The van der Waals surface area contributed by atoms with E-state index in [0.29, 0.717) is 5.56 Å². The topological polar surface area (TPSA) is 63.2 Å². The Morgan fingerprint density at radius 2 is 1.52 bits per heavy atom. The third kappa shape index (κ3) is 3.10. The van der Waals surface area contributed by atoms with Crippen molar-refractivity contribution >= 4 is 32.2 Å². The highest BCUT2D eigenvalue weighted by Gasteiger charge is 2.16. The number of nitrogens with one attached hydrogen (secondary N) is 1. The van der Waals surface area contributed by atoms with Gasteiger partial charge in [-0.3, -0.25) is 4.79 Å². The molecule has 0 aliphatic rings. The Labute approximate surface area is 134 Å². The molecular formula is C18H15NO3S. The summed E-state index contributed by atoms with van der Waals surface area (Å²) in [6, 6.07) is 19.4. The Morgan fingerprint density at radius 1 is 0.870 bits per heavy atom. The van der Waals surface area contributed by atoms with Crippen LogP contribution >= 0.6 is 0 Å². The van der Waals surface area contributed by atoms with E-state index in [-0.39, 0.29) is 16.5 Å². The van der Waals surface area contributed by atoms with Crippen LogP contribution in [-0.2, 0) is 9.84 Å². The van der Waals surface area contributed by atoms with Crippen molar-refractivity contribution in [3.63, 3.8) is 0 Å². The molecule has 116 valence electrons. The van der Waals surface area contributed by atoms with Crippen molar-refractivity contribution in [3.05, 3.63) is 72.3 Å². The van der Waals surface area contributed by atoms with Gasteiger partial charge in [0.1, 0.15) is 0 Å². The van der Waals surface area contributed by atoms with E-state index in [4.69, 9.17) is 0 Å². The van der Waals surface area contributed by atoms with Gasteiger partial charge >= 0.3 is 0 Å². The van der Waals surface area contributed by atoms with Gasteiger partial charge in [-0.05, 0) is 29.0 Å². The molecule has 0 fully saturated rings. The summed E-state index contributed by atoms with van der Waals surface area (Å²) in [7, 11) is -3.42. The summed E-state index contributed by atoms with van der Waals surface area (Å²) in [6.45, 7) is 0. The molecule has 0 spiro atoms. The van der Waals surface area contributed by atoms with Crippen molar-refractivity contribution in [1.82, 2.24) is 0 Å². The average molecular weight is 325 g/mol. The van der Waals surface area contributed by atoms with Gasteiger partial charge in [-0.2, -0.15) is 0 Å². The van der Waals surface area contributed by atoms with Crippen LogP contribution in [0.15, 0.2) is 71.6 Å². The Morgan fingerprint density at radius 3 is 2.30 bits per heavy atom. The smallest absolute Gasteiger partial charge is 0.256 e. The molecule has 1 amide bonds. The maximum atomic E-state index is 12.6. The molecule has 0 aliphatic carbocycles. The van der Waals surface area contributed by atoms with Crippen LogP contribution in [0.2, 0.25) is 0 Å². The van der Waals surface area contributed by atoms with Gasteiger partial charge in [-0.15, -0.1) is 0 Å². The number of hydrogen-bond acceptors (Lipinski definition) is 3. The quantitative estimate of drug-likeness (QED) is 0.801. The Bertz CT molecular complexity index is 989. The minimum Gasteiger partial charge on any atom is -0.321 e. The zero-order valence-corrected chi connectivity index (χ0v) is 13.3. The summed E-state index contributed by atoms with van der Waals surface area (Å²) in [5.74, 6) is -0.335. The van der Waals surface area contributed by atoms with Crippen LogP contribution < -0.4 is 5.32 Å². The summed E-state index contributed by atoms with van der Waals surface area (Å²) in [4.78, 5) is 12.7. The number of anilines is 1. The van der Waals surface area contributed by atoms with Crippen molar-refractivity contribution in [3.8, 4) is 0 Å². The lowest BCUT2D eigenvalue weighted by Crippen LogP contribution is -2.14. The monoisotopic (exact) mass is 325 g/mol. The van der Waals surface area contributed by atoms with Crippen LogP contribution in [0.5, 0.6) is 0 Å². The van der Waals surface area contributed by atoms with Crippen molar-refractivity contribution in [2.45, 2.75) is 4.90 Å². The van der Waals surface area contributed by atoms with E-state index >= 15 is 0 Å². The lowest BCUT2D eigenvalue weighted by atomic mass is 10.0. The van der Waals surface area contributed by atoms with Gasteiger partial charge in [0, 0.05) is 11.8 Å². The molecular weight excluding hydrogens is 310 g/mol. The van der Waals surface area contributed by atoms with Crippen LogP contribution in [0.1, 0.15) is 10.4 Å². The third-order valence-corrected chi connectivity index (χ3v) is 4.72. The predicted molar refractivity (Wildman–Crippen MR) is 91.5 cm³/mol. The summed E-state index contributed by atoms with van der Waals surface area (Å²) in [6.07, 6.45) is 1.12. The van der Waals surface area contributed by atoms with Crippen molar-refractivity contribution < 1.29 is 13.2 Å². The number of rotatable bonds is 3. The van der Waals surface area contributed by atoms with E-state index in [0.717, 1.165) is 17.0 Å². The van der Waals surface area contributed by atoms with Crippen molar-refractivity contribution in [2.24, 2.45) is 0 Å². The number of hydrogen-bond donors (Lipinski definition) is 1. The molecule has 0 atom stereocenters. The second-order valence-electron chi connectivity index (χ2n) is 5.25. The molecule has 4 nitrogen and oxygen atoms in total. The molecule has 23 heavy (non-hydrogen) atoms. The molecule has 3 rings (SSSR count). The van der Waals surface area contributed by atoms with E-state index in [1.54, 1.807) is 30.3 Å². The van der Waals surface area contributed by atoms with Gasteiger partial charge in [-0.25, -0.2) is 8.42 Å². The van der Waals surface area contributed by atoms with Crippen molar-refractivity contribution in [1.29, 1.82) is 0 Å².